The Labute approximate surface area is 210 Å². The summed E-state index contributed by atoms with van der Waals surface area (Å²) in [5.74, 6) is -2.36. The molecule has 0 unspecified atom stereocenters. The number of fused-ring (bicyclic) bond motifs is 3. The minimum absolute atomic E-state index is 0.0263. The maximum absolute atomic E-state index is 14.4. The molecule has 0 fully saturated rings. The van der Waals surface area contributed by atoms with Crippen molar-refractivity contribution in [3.63, 3.8) is 0 Å². The van der Waals surface area contributed by atoms with Crippen LogP contribution in [0.4, 0.5) is 20.2 Å². The summed E-state index contributed by atoms with van der Waals surface area (Å²) in [6.45, 7) is -0.138. The molecular weight excluding hydrogens is 478 g/mol. The van der Waals surface area contributed by atoms with Crippen LogP contribution in [0.1, 0.15) is 11.1 Å². The molecule has 2 N–H and O–H groups in total. The van der Waals surface area contributed by atoms with Crippen molar-refractivity contribution in [1.29, 1.82) is 5.26 Å². The number of amides is 1. The number of rotatable bonds is 3. The molecule has 3 aromatic rings. The third-order valence-corrected chi connectivity index (χ3v) is 6.95. The fraction of sp³-hybridized carbons (Fsp3) is 0.107. The zero-order chi connectivity index (χ0) is 25.9. The molecule has 0 aliphatic carbocycles. The molecule has 1 atom stereocenters. The van der Waals surface area contributed by atoms with E-state index >= 15 is 0 Å². The van der Waals surface area contributed by atoms with Gasteiger partial charge in [0.25, 0.3) is 0 Å². The highest BCUT2D eigenvalue weighted by atomic mass is 19.1. The zero-order valence-electron chi connectivity index (χ0n) is 19.2. The average molecular weight is 496 g/mol. The van der Waals surface area contributed by atoms with Crippen LogP contribution in [-0.4, -0.2) is 18.5 Å². The van der Waals surface area contributed by atoms with Crippen molar-refractivity contribution in [2.24, 2.45) is 5.73 Å². The molecule has 37 heavy (non-hydrogen) atoms. The third-order valence-electron chi connectivity index (χ3n) is 6.95. The number of nitrogens with zero attached hydrogens (tertiary/aromatic N) is 3. The molecule has 1 amide bonds. The molecule has 0 saturated carbocycles. The summed E-state index contributed by atoms with van der Waals surface area (Å²) in [5, 5.41) is 10.4. The van der Waals surface area contributed by atoms with E-state index in [0.717, 1.165) is 0 Å². The van der Waals surface area contributed by atoms with Gasteiger partial charge in [-0.25, -0.2) is 13.6 Å². The molecule has 0 bridgehead atoms. The van der Waals surface area contributed by atoms with Gasteiger partial charge in [-0.2, -0.15) is 5.26 Å². The second kappa shape index (κ2) is 8.03. The molecule has 6 rings (SSSR count). The van der Waals surface area contributed by atoms with E-state index in [0.29, 0.717) is 16.8 Å². The summed E-state index contributed by atoms with van der Waals surface area (Å²) in [4.78, 5) is 30.5. The average Bonchev–Trinajstić information content (AvgIpc) is 3.38. The highest BCUT2D eigenvalue weighted by molar-refractivity contribution is 6.19. The Morgan fingerprint density at radius 2 is 1.76 bits per heavy atom. The van der Waals surface area contributed by atoms with Crippen LogP contribution in [0.25, 0.3) is 0 Å². The van der Waals surface area contributed by atoms with Gasteiger partial charge in [0.15, 0.2) is 0 Å². The standard InChI is InChI=1S/C28H18F2N4O3/c29-17-10-8-16(9-11-17)14-33-22-7-2-1-6-20(22)28(27(33)36)21(13-31)25(32)34(19-5-3-4-18(30)12-19)23-15-37-26(35)24(23)28/h1-12H,14-15,32H2/t28-/m0/s1. The Balaban J connectivity index is 1.61. The van der Waals surface area contributed by atoms with Crippen LogP contribution in [0.15, 0.2) is 95.5 Å². The van der Waals surface area contributed by atoms with Gasteiger partial charge in [-0.3, -0.25) is 9.69 Å². The maximum atomic E-state index is 14.4. The molecular formula is C28H18F2N4O3. The van der Waals surface area contributed by atoms with Gasteiger partial charge in [0.05, 0.1) is 29.1 Å². The van der Waals surface area contributed by atoms with Gasteiger partial charge in [-0.05, 0) is 42.0 Å². The van der Waals surface area contributed by atoms with Gasteiger partial charge in [-0.15, -0.1) is 0 Å². The third kappa shape index (κ3) is 3.02. The smallest absolute Gasteiger partial charge is 0.338 e. The Kier molecular flexibility index (Phi) is 4.88. The molecule has 1 spiro atoms. The Morgan fingerprint density at radius 3 is 2.49 bits per heavy atom. The number of carbonyl (C=O) groups is 2. The normalized spacial score (nSPS) is 20.4. The van der Waals surface area contributed by atoms with Crippen LogP contribution in [0.3, 0.4) is 0 Å². The molecule has 3 aromatic carbocycles. The van der Waals surface area contributed by atoms with Crippen molar-refractivity contribution in [3.05, 3.63) is 118 Å². The van der Waals surface area contributed by atoms with Crippen molar-refractivity contribution >= 4 is 23.3 Å². The van der Waals surface area contributed by atoms with Crippen molar-refractivity contribution in [3.8, 4) is 6.07 Å². The van der Waals surface area contributed by atoms with E-state index in [1.54, 1.807) is 42.5 Å². The SMILES string of the molecule is N#CC1=C(N)N(c2cccc(F)c2)C2=C(C(=O)OC2)[C@@]12C(=O)N(Cc1ccc(F)cc1)c1ccccc12. The summed E-state index contributed by atoms with van der Waals surface area (Å²) in [6, 6.07) is 20.2. The van der Waals surface area contributed by atoms with Crippen molar-refractivity contribution < 1.29 is 23.1 Å². The summed E-state index contributed by atoms with van der Waals surface area (Å²) in [6.07, 6.45) is 0. The van der Waals surface area contributed by atoms with Crippen LogP contribution in [0, 0.1) is 23.0 Å². The highest BCUT2D eigenvalue weighted by Crippen LogP contribution is 2.56. The number of anilines is 2. The first-order chi connectivity index (χ1) is 17.9. The van der Waals surface area contributed by atoms with E-state index in [4.69, 9.17) is 10.5 Å². The van der Waals surface area contributed by atoms with Crippen LogP contribution < -0.4 is 15.5 Å². The Hall–Kier alpha value is -4.97. The molecule has 7 nitrogen and oxygen atoms in total. The number of hydrogen-bond donors (Lipinski definition) is 1. The van der Waals surface area contributed by atoms with Crippen molar-refractivity contribution in [2.75, 3.05) is 16.4 Å². The van der Waals surface area contributed by atoms with E-state index in [9.17, 15) is 23.6 Å². The number of halogens is 2. The van der Waals surface area contributed by atoms with E-state index in [2.05, 4.69) is 6.07 Å². The van der Waals surface area contributed by atoms with Gasteiger partial charge in [-0.1, -0.05) is 36.4 Å². The summed E-state index contributed by atoms with van der Waals surface area (Å²) in [7, 11) is 0. The molecule has 0 saturated heterocycles. The first-order valence-corrected chi connectivity index (χ1v) is 11.4. The minimum Gasteiger partial charge on any atom is -0.456 e. The van der Waals surface area contributed by atoms with Gasteiger partial charge in [0.1, 0.15) is 35.5 Å². The zero-order valence-corrected chi connectivity index (χ0v) is 19.2. The predicted molar refractivity (Wildman–Crippen MR) is 129 cm³/mol. The maximum Gasteiger partial charge on any atom is 0.338 e. The van der Waals surface area contributed by atoms with Crippen LogP contribution in [0.2, 0.25) is 0 Å². The number of nitrogens with two attached hydrogens (primary N) is 1. The van der Waals surface area contributed by atoms with Crippen molar-refractivity contribution in [2.45, 2.75) is 12.0 Å². The number of ether oxygens (including phenoxy) is 1. The van der Waals surface area contributed by atoms with E-state index < -0.39 is 28.9 Å². The molecule has 3 aliphatic rings. The fourth-order valence-electron chi connectivity index (χ4n) is 5.43. The number of hydrogen-bond acceptors (Lipinski definition) is 6. The molecule has 182 valence electrons. The van der Waals surface area contributed by atoms with E-state index in [1.165, 1.54) is 40.1 Å². The number of cyclic esters (lactones) is 1. The highest BCUT2D eigenvalue weighted by Gasteiger charge is 2.63. The number of para-hydroxylation sites is 1. The van der Waals surface area contributed by atoms with Gasteiger partial charge in [0.2, 0.25) is 5.91 Å². The first-order valence-electron chi connectivity index (χ1n) is 11.4. The molecule has 3 aliphatic heterocycles. The predicted octanol–water partition coefficient (Wildman–Crippen LogP) is 3.77. The second-order valence-corrected chi connectivity index (χ2v) is 8.87. The molecule has 3 heterocycles. The lowest BCUT2D eigenvalue weighted by atomic mass is 9.67. The topological polar surface area (TPSA) is 99.7 Å². The van der Waals surface area contributed by atoms with E-state index in [1.807, 2.05) is 0 Å². The summed E-state index contributed by atoms with van der Waals surface area (Å²) < 4.78 is 33.0. The van der Waals surface area contributed by atoms with E-state index in [-0.39, 0.29) is 41.5 Å². The molecule has 9 heteroatoms. The summed E-state index contributed by atoms with van der Waals surface area (Å²) in [5.41, 5.74) is 6.62. The fourth-order valence-corrected chi connectivity index (χ4v) is 5.43. The van der Waals surface area contributed by atoms with Gasteiger partial charge < -0.3 is 15.4 Å². The molecule has 0 radical (unpaired) electrons. The van der Waals surface area contributed by atoms with Crippen LogP contribution in [0.5, 0.6) is 0 Å². The Bertz CT molecular complexity index is 1610. The van der Waals surface area contributed by atoms with Crippen LogP contribution in [-0.2, 0) is 26.3 Å². The first kappa shape index (κ1) is 22.5. The molecule has 0 aromatic heterocycles. The quantitative estimate of drug-likeness (QED) is 0.554. The number of benzene rings is 3. The number of carbonyl (C=O) groups excluding carboxylic acids is 2. The second-order valence-electron chi connectivity index (χ2n) is 8.87. The number of nitriles is 1. The number of esters is 1. The lowest BCUT2D eigenvalue weighted by Gasteiger charge is -2.38. The van der Waals surface area contributed by atoms with Crippen molar-refractivity contribution in [1.82, 2.24) is 0 Å². The largest absolute Gasteiger partial charge is 0.456 e. The minimum atomic E-state index is -1.85. The Morgan fingerprint density at radius 1 is 1.00 bits per heavy atom. The van der Waals surface area contributed by atoms with Crippen LogP contribution >= 0.6 is 0 Å². The summed E-state index contributed by atoms with van der Waals surface area (Å²) >= 11 is 0. The van der Waals surface area contributed by atoms with Gasteiger partial charge >= 0.3 is 5.97 Å². The lowest BCUT2D eigenvalue weighted by Crippen LogP contribution is -2.50. The lowest BCUT2D eigenvalue weighted by molar-refractivity contribution is -0.137. The monoisotopic (exact) mass is 496 g/mol. The van der Waals surface area contributed by atoms with Gasteiger partial charge in [0, 0.05) is 11.3 Å².